The summed E-state index contributed by atoms with van der Waals surface area (Å²) in [4.78, 5) is 29.9. The van der Waals surface area contributed by atoms with Crippen molar-refractivity contribution in [3.8, 4) is 0 Å². The molecule has 0 radical (unpaired) electrons. The maximum absolute atomic E-state index is 12.2. The van der Waals surface area contributed by atoms with Gasteiger partial charge in [-0.15, -0.1) is 0 Å². The van der Waals surface area contributed by atoms with Gasteiger partial charge in [-0.05, 0) is 24.6 Å². The van der Waals surface area contributed by atoms with Crippen molar-refractivity contribution < 1.29 is 9.59 Å². The van der Waals surface area contributed by atoms with Gasteiger partial charge in [-0.2, -0.15) is 0 Å². The van der Waals surface area contributed by atoms with Crippen LogP contribution in [0.2, 0.25) is 0 Å². The number of carbonyl (C=O) groups is 2. The third-order valence-corrected chi connectivity index (χ3v) is 4.01. The first kappa shape index (κ1) is 14.0. The Bertz CT molecular complexity index is 723. The van der Waals surface area contributed by atoms with Crippen molar-refractivity contribution in [1.82, 2.24) is 9.55 Å². The highest BCUT2D eigenvalue weighted by Gasteiger charge is 2.36. The monoisotopic (exact) mass is 347 g/mol. The molecule has 6 heteroatoms. The van der Waals surface area contributed by atoms with Gasteiger partial charge in [0, 0.05) is 17.2 Å². The van der Waals surface area contributed by atoms with Gasteiger partial charge in [0.2, 0.25) is 0 Å². The Morgan fingerprint density at radius 3 is 2.86 bits per heavy atom. The molecule has 0 unspecified atom stereocenters. The molecule has 0 bridgehead atoms. The Labute approximate surface area is 130 Å². The third-order valence-electron chi connectivity index (χ3n) is 3.52. The number of Topliss-reactive ketones (excluding diaryl/α,β-unsaturated/α-hetero) is 1. The van der Waals surface area contributed by atoms with E-state index < -0.39 is 11.7 Å². The maximum atomic E-state index is 12.2. The van der Waals surface area contributed by atoms with Crippen molar-refractivity contribution in [3.05, 3.63) is 46.5 Å². The van der Waals surface area contributed by atoms with Gasteiger partial charge in [0.25, 0.3) is 11.7 Å². The van der Waals surface area contributed by atoms with E-state index in [0.717, 1.165) is 23.1 Å². The number of imidazole rings is 1. The molecule has 21 heavy (non-hydrogen) atoms. The summed E-state index contributed by atoms with van der Waals surface area (Å²) in [5.74, 6) is -0.930. The smallest absolute Gasteiger partial charge is 0.299 e. The van der Waals surface area contributed by atoms with Crippen molar-refractivity contribution in [1.29, 1.82) is 0 Å². The molecule has 1 aliphatic rings. The van der Waals surface area contributed by atoms with Gasteiger partial charge in [0.15, 0.2) is 0 Å². The summed E-state index contributed by atoms with van der Waals surface area (Å²) in [6.45, 7) is 3.29. The highest BCUT2D eigenvalue weighted by Crippen LogP contribution is 2.32. The number of aromatic nitrogens is 2. The number of benzene rings is 1. The molecule has 1 aromatic heterocycles. The van der Waals surface area contributed by atoms with Crippen molar-refractivity contribution >= 4 is 33.3 Å². The lowest BCUT2D eigenvalue weighted by atomic mass is 10.1. The standard InChI is InChI=1S/C15H14BrN3O2/c1-2-5-18-9-17-7-11(18)8-19-13-4-3-10(16)6-12(13)14(20)15(19)21/h3-4,6-7,9H,2,5,8H2,1H3. The van der Waals surface area contributed by atoms with E-state index >= 15 is 0 Å². The van der Waals surface area contributed by atoms with Gasteiger partial charge in [-0.1, -0.05) is 22.9 Å². The first-order chi connectivity index (χ1) is 10.1. The molecule has 1 aliphatic heterocycles. The van der Waals surface area contributed by atoms with Gasteiger partial charge >= 0.3 is 0 Å². The first-order valence-electron chi connectivity index (χ1n) is 6.76. The lowest BCUT2D eigenvalue weighted by molar-refractivity contribution is -0.114. The molecule has 5 nitrogen and oxygen atoms in total. The SMILES string of the molecule is CCCn1cncc1CN1C(=O)C(=O)c2cc(Br)ccc21. The molecule has 0 saturated carbocycles. The maximum Gasteiger partial charge on any atom is 0.299 e. The van der Waals surface area contributed by atoms with Crippen LogP contribution in [0.15, 0.2) is 35.2 Å². The summed E-state index contributed by atoms with van der Waals surface area (Å²) in [7, 11) is 0. The van der Waals surface area contributed by atoms with Crippen LogP contribution in [0.5, 0.6) is 0 Å². The zero-order valence-electron chi connectivity index (χ0n) is 11.5. The molecule has 0 saturated heterocycles. The molecule has 0 fully saturated rings. The fraction of sp³-hybridized carbons (Fsp3) is 0.267. The van der Waals surface area contributed by atoms with Crippen molar-refractivity contribution in [3.63, 3.8) is 0 Å². The van der Waals surface area contributed by atoms with Gasteiger partial charge in [0.05, 0.1) is 29.8 Å². The second-order valence-electron chi connectivity index (χ2n) is 4.96. The predicted octanol–water partition coefficient (Wildman–Crippen LogP) is 2.79. The second-order valence-corrected chi connectivity index (χ2v) is 5.88. The van der Waals surface area contributed by atoms with E-state index in [4.69, 9.17) is 0 Å². The molecule has 0 N–H and O–H groups in total. The van der Waals surface area contributed by atoms with Gasteiger partial charge < -0.3 is 4.57 Å². The molecule has 0 aliphatic carbocycles. The Balaban J connectivity index is 1.95. The van der Waals surface area contributed by atoms with Gasteiger partial charge in [-0.25, -0.2) is 4.98 Å². The number of amides is 1. The van der Waals surface area contributed by atoms with Crippen LogP contribution in [0.4, 0.5) is 5.69 Å². The predicted molar refractivity (Wildman–Crippen MR) is 82.2 cm³/mol. The molecule has 3 rings (SSSR count). The van der Waals surface area contributed by atoms with Crippen LogP contribution < -0.4 is 4.90 Å². The topological polar surface area (TPSA) is 55.2 Å². The van der Waals surface area contributed by atoms with Crippen LogP contribution in [0.1, 0.15) is 29.4 Å². The normalized spacial score (nSPS) is 13.9. The summed E-state index contributed by atoms with van der Waals surface area (Å²) in [6.07, 6.45) is 4.48. The van der Waals surface area contributed by atoms with Crippen molar-refractivity contribution in [2.24, 2.45) is 0 Å². The average Bonchev–Trinajstić information content (AvgIpc) is 2.99. The Morgan fingerprint density at radius 1 is 1.29 bits per heavy atom. The summed E-state index contributed by atoms with van der Waals surface area (Å²) in [5.41, 5.74) is 2.04. The van der Waals surface area contributed by atoms with E-state index in [-0.39, 0.29) is 0 Å². The molecule has 2 aromatic rings. The second kappa shape index (κ2) is 5.44. The summed E-state index contributed by atoms with van der Waals surface area (Å²) >= 11 is 3.33. The Morgan fingerprint density at radius 2 is 2.10 bits per heavy atom. The van der Waals surface area contributed by atoms with E-state index in [9.17, 15) is 9.59 Å². The number of carbonyl (C=O) groups excluding carboxylic acids is 2. The van der Waals surface area contributed by atoms with E-state index in [1.165, 1.54) is 4.90 Å². The molecule has 108 valence electrons. The zero-order chi connectivity index (χ0) is 15.0. The molecule has 1 amide bonds. The number of ketones is 1. The number of rotatable bonds is 4. The first-order valence-corrected chi connectivity index (χ1v) is 7.56. The number of nitrogens with zero attached hydrogens (tertiary/aromatic N) is 3. The van der Waals surface area contributed by atoms with Crippen molar-refractivity contribution in [2.45, 2.75) is 26.4 Å². The Hall–Kier alpha value is -1.95. The molecule has 1 aromatic carbocycles. The number of hydrogen-bond acceptors (Lipinski definition) is 3. The van der Waals surface area contributed by atoms with E-state index in [0.29, 0.717) is 17.8 Å². The minimum atomic E-state index is -0.479. The van der Waals surface area contributed by atoms with E-state index in [2.05, 4.69) is 27.8 Å². The summed E-state index contributed by atoms with van der Waals surface area (Å²) in [5, 5.41) is 0. The van der Waals surface area contributed by atoms with Gasteiger partial charge in [0.1, 0.15) is 0 Å². The van der Waals surface area contributed by atoms with Crippen LogP contribution in [-0.4, -0.2) is 21.2 Å². The lowest BCUT2D eigenvalue weighted by Gasteiger charge is -2.17. The number of aryl methyl sites for hydroxylation is 1. The number of anilines is 1. The molecule has 0 spiro atoms. The van der Waals surface area contributed by atoms with Crippen LogP contribution in [-0.2, 0) is 17.9 Å². The highest BCUT2D eigenvalue weighted by molar-refractivity contribution is 9.10. The Kier molecular flexibility index (Phi) is 3.63. The van der Waals surface area contributed by atoms with Crippen LogP contribution >= 0.6 is 15.9 Å². The largest absolute Gasteiger partial charge is 0.333 e. The minimum absolute atomic E-state index is 0.360. The summed E-state index contributed by atoms with van der Waals surface area (Å²) < 4.78 is 2.80. The zero-order valence-corrected chi connectivity index (χ0v) is 13.1. The number of hydrogen-bond donors (Lipinski definition) is 0. The number of halogens is 1. The fourth-order valence-corrected chi connectivity index (χ4v) is 2.87. The van der Waals surface area contributed by atoms with Gasteiger partial charge in [-0.3, -0.25) is 14.5 Å². The van der Waals surface area contributed by atoms with Crippen LogP contribution in [0, 0.1) is 0 Å². The van der Waals surface area contributed by atoms with E-state index in [1.807, 2.05) is 10.6 Å². The molecular formula is C15H14BrN3O2. The molecule has 2 heterocycles. The lowest BCUT2D eigenvalue weighted by Crippen LogP contribution is -2.30. The quantitative estimate of drug-likeness (QED) is 0.799. The minimum Gasteiger partial charge on any atom is -0.333 e. The third kappa shape index (κ3) is 2.40. The molecule has 0 atom stereocenters. The average molecular weight is 348 g/mol. The highest BCUT2D eigenvalue weighted by atomic mass is 79.9. The van der Waals surface area contributed by atoms with E-state index in [1.54, 1.807) is 24.7 Å². The molecular weight excluding hydrogens is 334 g/mol. The van der Waals surface area contributed by atoms with Crippen LogP contribution in [0.25, 0.3) is 0 Å². The van der Waals surface area contributed by atoms with Crippen LogP contribution in [0.3, 0.4) is 0 Å². The van der Waals surface area contributed by atoms with Crippen molar-refractivity contribution in [2.75, 3.05) is 4.90 Å². The number of fused-ring (bicyclic) bond motifs is 1. The summed E-state index contributed by atoms with van der Waals surface area (Å²) in [6, 6.07) is 5.32. The fourth-order valence-electron chi connectivity index (χ4n) is 2.51.